The monoisotopic (exact) mass is 428 g/mol. The Morgan fingerprint density at radius 3 is 2.36 bits per heavy atom. The Hall–Kier alpha value is -1.79. The van der Waals surface area contributed by atoms with E-state index in [1.54, 1.807) is 18.2 Å². The van der Waals surface area contributed by atoms with Crippen LogP contribution in [0.15, 0.2) is 18.2 Å². The van der Waals surface area contributed by atoms with Crippen LogP contribution in [0.1, 0.15) is 52.9 Å². The molecule has 1 aliphatic carbocycles. The summed E-state index contributed by atoms with van der Waals surface area (Å²) in [5.41, 5.74) is -0.907. The van der Waals surface area contributed by atoms with Gasteiger partial charge in [-0.05, 0) is 45.7 Å². The van der Waals surface area contributed by atoms with Crippen LogP contribution in [0.4, 0.5) is 5.69 Å². The number of carbonyl (C=O) groups is 3. The van der Waals surface area contributed by atoms with Gasteiger partial charge >= 0.3 is 5.97 Å². The van der Waals surface area contributed by atoms with Crippen molar-refractivity contribution in [2.45, 2.75) is 58.4 Å². The van der Waals surface area contributed by atoms with Gasteiger partial charge in [-0.25, -0.2) is 0 Å². The van der Waals surface area contributed by atoms with Crippen LogP contribution in [-0.4, -0.2) is 29.9 Å². The van der Waals surface area contributed by atoms with Gasteiger partial charge in [0, 0.05) is 12.0 Å². The summed E-state index contributed by atoms with van der Waals surface area (Å²) in [6, 6.07) is 4.85. The summed E-state index contributed by atoms with van der Waals surface area (Å²) in [6.45, 7) is 5.20. The molecule has 1 aromatic rings. The van der Waals surface area contributed by atoms with Crippen molar-refractivity contribution in [3.8, 4) is 0 Å². The number of benzene rings is 1. The van der Waals surface area contributed by atoms with Crippen LogP contribution < -0.4 is 10.6 Å². The van der Waals surface area contributed by atoms with Crippen LogP contribution in [0.2, 0.25) is 10.0 Å². The Balaban J connectivity index is 1.96. The highest BCUT2D eigenvalue weighted by Crippen LogP contribution is 2.42. The Kier molecular flexibility index (Phi) is 7.34. The average Bonchev–Trinajstić information content (AvgIpc) is 3.04. The molecule has 1 fully saturated rings. The van der Waals surface area contributed by atoms with E-state index >= 15 is 0 Å². The number of ether oxygens (including phenoxy) is 1. The van der Waals surface area contributed by atoms with E-state index in [1.165, 1.54) is 0 Å². The molecule has 0 bridgehead atoms. The third-order valence-corrected chi connectivity index (χ3v) is 5.39. The molecular weight excluding hydrogens is 403 g/mol. The number of nitrogens with one attached hydrogen (secondary N) is 2. The van der Waals surface area contributed by atoms with Gasteiger partial charge in [-0.1, -0.05) is 42.1 Å². The van der Waals surface area contributed by atoms with Crippen LogP contribution in [0.5, 0.6) is 0 Å². The molecule has 1 saturated carbocycles. The fourth-order valence-corrected chi connectivity index (χ4v) is 3.69. The molecule has 1 aromatic carbocycles. The van der Waals surface area contributed by atoms with E-state index in [-0.39, 0.29) is 22.9 Å². The van der Waals surface area contributed by atoms with Gasteiger partial charge < -0.3 is 15.4 Å². The third-order valence-electron chi connectivity index (χ3n) is 4.57. The first-order valence-electron chi connectivity index (χ1n) is 9.24. The van der Waals surface area contributed by atoms with E-state index in [4.69, 9.17) is 27.9 Å². The quantitative estimate of drug-likeness (QED) is 0.659. The molecule has 0 saturated heterocycles. The molecule has 154 valence electrons. The highest BCUT2D eigenvalue weighted by atomic mass is 35.5. The van der Waals surface area contributed by atoms with Crippen molar-refractivity contribution < 1.29 is 19.1 Å². The lowest BCUT2D eigenvalue weighted by Gasteiger charge is -2.28. The Labute approximate surface area is 175 Å². The van der Waals surface area contributed by atoms with Gasteiger partial charge in [0.15, 0.2) is 6.61 Å². The minimum atomic E-state index is -0.872. The number of amides is 2. The van der Waals surface area contributed by atoms with E-state index in [2.05, 4.69) is 10.6 Å². The van der Waals surface area contributed by atoms with Gasteiger partial charge in [-0.2, -0.15) is 0 Å². The second kappa shape index (κ2) is 9.14. The number of carbonyl (C=O) groups excluding carboxylic acids is 3. The molecule has 6 nitrogen and oxygen atoms in total. The van der Waals surface area contributed by atoms with Crippen molar-refractivity contribution in [3.63, 3.8) is 0 Å². The van der Waals surface area contributed by atoms with Crippen LogP contribution in [-0.2, 0) is 19.1 Å². The van der Waals surface area contributed by atoms with Gasteiger partial charge in [-0.3, -0.25) is 14.4 Å². The minimum absolute atomic E-state index is 0.0604. The van der Waals surface area contributed by atoms with Crippen LogP contribution in [0.25, 0.3) is 0 Å². The van der Waals surface area contributed by atoms with E-state index < -0.39 is 23.9 Å². The van der Waals surface area contributed by atoms with Gasteiger partial charge in [0.2, 0.25) is 5.91 Å². The number of esters is 1. The normalized spacial score (nSPS) is 15.8. The number of anilines is 1. The Morgan fingerprint density at radius 2 is 1.75 bits per heavy atom. The van der Waals surface area contributed by atoms with Gasteiger partial charge in [-0.15, -0.1) is 0 Å². The fourth-order valence-electron chi connectivity index (χ4n) is 3.35. The van der Waals surface area contributed by atoms with E-state index in [9.17, 15) is 14.4 Å². The molecular formula is C20H26Cl2N2O4. The van der Waals surface area contributed by atoms with Crippen LogP contribution in [0, 0.1) is 5.41 Å². The number of hydrogen-bond donors (Lipinski definition) is 2. The van der Waals surface area contributed by atoms with Crippen LogP contribution in [0.3, 0.4) is 0 Å². The molecule has 0 radical (unpaired) electrons. The van der Waals surface area contributed by atoms with Crippen molar-refractivity contribution in [2.75, 3.05) is 11.9 Å². The largest absolute Gasteiger partial charge is 0.455 e. The summed E-state index contributed by atoms with van der Waals surface area (Å²) in [4.78, 5) is 37.2. The zero-order valence-electron chi connectivity index (χ0n) is 16.4. The summed E-state index contributed by atoms with van der Waals surface area (Å²) in [5.74, 6) is -1.23. The summed E-state index contributed by atoms with van der Waals surface area (Å²) in [5, 5.41) is 5.98. The predicted octanol–water partition coefficient (Wildman–Crippen LogP) is 4.34. The standard InChI is InChI=1S/C20H26Cl2N2O4/c1-19(2,3)24-15(25)11-20(9-4-5-10-20)18(27)28-12-16(26)23-14-8-6-7-13(21)17(14)22/h6-8H,4-5,9-12H2,1-3H3,(H,23,26)(H,24,25). The fraction of sp³-hybridized carbons (Fsp3) is 0.550. The molecule has 2 rings (SSSR count). The minimum Gasteiger partial charge on any atom is -0.455 e. The third kappa shape index (κ3) is 6.11. The SMILES string of the molecule is CC(C)(C)NC(=O)CC1(C(=O)OCC(=O)Nc2cccc(Cl)c2Cl)CCCC1. The maximum Gasteiger partial charge on any atom is 0.313 e. The van der Waals surface area contributed by atoms with E-state index in [1.807, 2.05) is 20.8 Å². The van der Waals surface area contributed by atoms with Crippen molar-refractivity contribution in [1.29, 1.82) is 0 Å². The molecule has 0 heterocycles. The zero-order chi connectivity index (χ0) is 20.9. The smallest absolute Gasteiger partial charge is 0.313 e. The number of hydrogen-bond acceptors (Lipinski definition) is 4. The lowest BCUT2D eigenvalue weighted by atomic mass is 9.82. The Bertz CT molecular complexity index is 753. The van der Waals surface area contributed by atoms with Gasteiger partial charge in [0.05, 0.1) is 21.1 Å². The highest BCUT2D eigenvalue weighted by molar-refractivity contribution is 6.44. The first-order valence-corrected chi connectivity index (χ1v) is 10.0. The summed E-state index contributed by atoms with van der Waals surface area (Å²) >= 11 is 12.0. The molecule has 0 atom stereocenters. The molecule has 0 aromatic heterocycles. The van der Waals surface area contributed by atoms with E-state index in [0.29, 0.717) is 23.6 Å². The number of halogens is 2. The molecule has 2 amide bonds. The zero-order valence-corrected chi connectivity index (χ0v) is 17.9. The van der Waals surface area contributed by atoms with Crippen molar-refractivity contribution in [1.82, 2.24) is 5.32 Å². The maximum absolute atomic E-state index is 12.7. The first-order chi connectivity index (χ1) is 13.0. The summed E-state index contributed by atoms with van der Waals surface area (Å²) in [7, 11) is 0. The molecule has 8 heteroatoms. The predicted molar refractivity (Wildman–Crippen MR) is 109 cm³/mol. The molecule has 2 N–H and O–H groups in total. The van der Waals surface area contributed by atoms with Crippen molar-refractivity contribution in [2.24, 2.45) is 5.41 Å². The molecule has 0 aliphatic heterocycles. The lowest BCUT2D eigenvalue weighted by Crippen LogP contribution is -2.44. The average molecular weight is 429 g/mol. The highest BCUT2D eigenvalue weighted by Gasteiger charge is 2.44. The number of rotatable bonds is 6. The van der Waals surface area contributed by atoms with E-state index in [0.717, 1.165) is 12.8 Å². The van der Waals surface area contributed by atoms with Crippen molar-refractivity contribution in [3.05, 3.63) is 28.2 Å². The molecule has 28 heavy (non-hydrogen) atoms. The maximum atomic E-state index is 12.7. The van der Waals surface area contributed by atoms with Crippen LogP contribution >= 0.6 is 23.2 Å². The van der Waals surface area contributed by atoms with Gasteiger partial charge in [0.25, 0.3) is 5.91 Å². The Morgan fingerprint density at radius 1 is 1.11 bits per heavy atom. The molecule has 0 spiro atoms. The second-order valence-corrected chi connectivity index (χ2v) is 8.97. The molecule has 0 unspecified atom stereocenters. The lowest BCUT2D eigenvalue weighted by molar-refractivity contribution is -0.160. The first kappa shape index (κ1) is 22.5. The summed E-state index contributed by atoms with van der Waals surface area (Å²) in [6.07, 6.45) is 2.91. The topological polar surface area (TPSA) is 84.5 Å². The molecule has 1 aliphatic rings. The summed E-state index contributed by atoms with van der Waals surface area (Å²) < 4.78 is 5.26. The second-order valence-electron chi connectivity index (χ2n) is 8.19. The van der Waals surface area contributed by atoms with Crippen molar-refractivity contribution >= 4 is 46.7 Å². The van der Waals surface area contributed by atoms with Gasteiger partial charge in [0.1, 0.15) is 0 Å².